The van der Waals surface area contributed by atoms with Gasteiger partial charge in [0.15, 0.2) is 5.65 Å². The first kappa shape index (κ1) is 28.1. The zero-order chi connectivity index (χ0) is 26.7. The average Bonchev–Trinajstić information content (AvgIpc) is 3.29. The van der Waals surface area contributed by atoms with Crippen LogP contribution in [0.25, 0.3) is 11.2 Å². The number of unbranched alkanes of at least 4 members (excludes halogenated alkanes) is 2. The lowest BCUT2D eigenvalue weighted by atomic mass is 10.1. The fourth-order valence-electron chi connectivity index (χ4n) is 5.19. The largest absolute Gasteiger partial charge is 0.337 e. The Kier molecular flexibility index (Phi) is 10.6. The van der Waals surface area contributed by atoms with Gasteiger partial charge in [0.2, 0.25) is 5.95 Å². The summed E-state index contributed by atoms with van der Waals surface area (Å²) in [5, 5.41) is 3.53. The second-order valence-corrected chi connectivity index (χ2v) is 10.6. The van der Waals surface area contributed by atoms with Crippen LogP contribution in [0.4, 0.5) is 11.6 Å². The number of nitrogens with zero attached hydrogens (tertiary/aromatic N) is 5. The summed E-state index contributed by atoms with van der Waals surface area (Å²) in [5.41, 5.74) is 4.44. The van der Waals surface area contributed by atoms with Crippen molar-refractivity contribution in [3.8, 4) is 0 Å². The van der Waals surface area contributed by atoms with Gasteiger partial charge in [-0.3, -0.25) is 9.36 Å². The second kappa shape index (κ2) is 14.3. The van der Waals surface area contributed by atoms with E-state index in [1.165, 1.54) is 37.9 Å². The minimum Gasteiger partial charge on any atom is -0.337 e. The quantitative estimate of drug-likeness (QED) is 0.259. The number of hydrogen-bond acceptors (Lipinski definition) is 5. The van der Waals surface area contributed by atoms with E-state index in [2.05, 4.69) is 59.8 Å². The number of imidazole rings is 1. The zero-order valence-corrected chi connectivity index (χ0v) is 23.7. The van der Waals surface area contributed by atoms with E-state index in [9.17, 15) is 4.79 Å². The van der Waals surface area contributed by atoms with E-state index in [1.807, 2.05) is 17.0 Å². The van der Waals surface area contributed by atoms with Crippen LogP contribution < -0.4 is 5.32 Å². The molecule has 0 aliphatic carbocycles. The summed E-state index contributed by atoms with van der Waals surface area (Å²) in [6.45, 7) is 12.3. The predicted molar refractivity (Wildman–Crippen MR) is 157 cm³/mol. The van der Waals surface area contributed by atoms with Crippen LogP contribution in [-0.2, 0) is 13.0 Å². The molecule has 1 N–H and O–H groups in total. The van der Waals surface area contributed by atoms with Gasteiger partial charge in [0, 0.05) is 25.3 Å². The van der Waals surface area contributed by atoms with Crippen molar-refractivity contribution in [1.29, 1.82) is 0 Å². The van der Waals surface area contributed by atoms with E-state index in [1.54, 1.807) is 0 Å². The van der Waals surface area contributed by atoms with Gasteiger partial charge in [0.25, 0.3) is 5.91 Å². The van der Waals surface area contributed by atoms with Gasteiger partial charge in [-0.05, 0) is 88.0 Å². The monoisotopic (exact) mass is 518 g/mol. The number of pyridine rings is 1. The Labute approximate surface area is 228 Å². The SMILES string of the molecule is CCCCN(CCCC)C(=O)c1ccc2nc(Nc3ccc(CC)cc3)n(CCCN3CCCCC3)c2n1. The topological polar surface area (TPSA) is 66.3 Å². The Morgan fingerprint density at radius 2 is 1.58 bits per heavy atom. The normalized spacial score (nSPS) is 14.2. The maximum absolute atomic E-state index is 13.5. The molecule has 0 spiro atoms. The maximum Gasteiger partial charge on any atom is 0.272 e. The smallest absolute Gasteiger partial charge is 0.272 e. The average molecular weight is 519 g/mol. The second-order valence-electron chi connectivity index (χ2n) is 10.6. The standard InChI is InChI=1S/C31H46N6O/c1-4-7-22-36(23-8-5-2)30(38)28-18-17-27-29(33-28)37(24-12-21-35-19-10-9-11-20-35)31(34-27)32-26-15-13-25(6-3)14-16-26/h13-18H,4-12,19-24H2,1-3H3,(H,32,34). The summed E-state index contributed by atoms with van der Waals surface area (Å²) < 4.78 is 2.17. The lowest BCUT2D eigenvalue weighted by molar-refractivity contribution is 0.0745. The van der Waals surface area contributed by atoms with Gasteiger partial charge in [-0.2, -0.15) is 0 Å². The van der Waals surface area contributed by atoms with Crippen LogP contribution in [0.5, 0.6) is 0 Å². The van der Waals surface area contributed by atoms with Crippen molar-refractivity contribution >= 4 is 28.7 Å². The molecule has 1 aliphatic rings. The van der Waals surface area contributed by atoms with Crippen LogP contribution in [0.1, 0.15) is 88.2 Å². The highest BCUT2D eigenvalue weighted by Gasteiger charge is 2.20. The number of benzene rings is 1. The van der Waals surface area contributed by atoms with Crippen LogP contribution in [0.3, 0.4) is 0 Å². The number of hydrogen-bond donors (Lipinski definition) is 1. The van der Waals surface area contributed by atoms with Gasteiger partial charge in [0.1, 0.15) is 11.2 Å². The van der Waals surface area contributed by atoms with Gasteiger partial charge >= 0.3 is 0 Å². The molecule has 1 saturated heterocycles. The highest BCUT2D eigenvalue weighted by molar-refractivity contribution is 5.94. The van der Waals surface area contributed by atoms with Crippen LogP contribution in [0.15, 0.2) is 36.4 Å². The fraction of sp³-hybridized carbons (Fsp3) is 0.581. The van der Waals surface area contributed by atoms with Crippen LogP contribution in [0.2, 0.25) is 0 Å². The Hall–Kier alpha value is -2.93. The molecular formula is C31H46N6O. The number of carbonyl (C=O) groups excluding carboxylic acids is 1. The minimum atomic E-state index is 0.0273. The molecule has 3 aromatic rings. The molecular weight excluding hydrogens is 472 g/mol. The molecule has 7 heteroatoms. The van der Waals surface area contributed by atoms with Crippen LogP contribution in [0, 0.1) is 0 Å². The van der Waals surface area contributed by atoms with E-state index in [4.69, 9.17) is 9.97 Å². The van der Waals surface area contributed by atoms with E-state index in [-0.39, 0.29) is 5.91 Å². The van der Waals surface area contributed by atoms with Gasteiger partial charge in [-0.25, -0.2) is 9.97 Å². The molecule has 206 valence electrons. The Bertz CT molecular complexity index is 1140. The van der Waals surface area contributed by atoms with E-state index >= 15 is 0 Å². The number of fused-ring (bicyclic) bond motifs is 1. The summed E-state index contributed by atoms with van der Waals surface area (Å²) in [6.07, 6.45) is 10.1. The Morgan fingerprint density at radius 1 is 0.868 bits per heavy atom. The number of aryl methyl sites for hydroxylation is 2. The summed E-state index contributed by atoms with van der Waals surface area (Å²) >= 11 is 0. The van der Waals surface area contributed by atoms with Crippen LogP contribution in [-0.4, -0.2) is 63.0 Å². The molecule has 3 heterocycles. The Balaban J connectivity index is 1.60. The van der Waals surface area contributed by atoms with E-state index in [0.717, 1.165) is 87.5 Å². The molecule has 1 aliphatic heterocycles. The first-order valence-corrected chi connectivity index (χ1v) is 14.9. The zero-order valence-electron chi connectivity index (χ0n) is 23.7. The molecule has 1 fully saturated rings. The molecule has 0 atom stereocenters. The molecule has 38 heavy (non-hydrogen) atoms. The molecule has 2 aromatic heterocycles. The third-order valence-corrected chi connectivity index (χ3v) is 7.58. The van der Waals surface area contributed by atoms with Crippen molar-refractivity contribution in [2.45, 2.75) is 85.1 Å². The van der Waals surface area contributed by atoms with Gasteiger partial charge in [-0.15, -0.1) is 0 Å². The number of amides is 1. The van der Waals surface area contributed by atoms with Gasteiger partial charge in [-0.1, -0.05) is 52.2 Å². The molecule has 0 saturated carbocycles. The van der Waals surface area contributed by atoms with Gasteiger partial charge < -0.3 is 15.1 Å². The summed E-state index contributed by atoms with van der Waals surface area (Å²) in [4.78, 5) is 27.9. The predicted octanol–water partition coefficient (Wildman–Crippen LogP) is 6.66. The molecule has 7 nitrogen and oxygen atoms in total. The van der Waals surface area contributed by atoms with Crippen molar-refractivity contribution in [3.05, 3.63) is 47.7 Å². The van der Waals surface area contributed by atoms with Gasteiger partial charge in [0.05, 0.1) is 0 Å². The summed E-state index contributed by atoms with van der Waals surface area (Å²) in [7, 11) is 0. The number of carbonyl (C=O) groups is 1. The first-order chi connectivity index (χ1) is 18.6. The van der Waals surface area contributed by atoms with Crippen molar-refractivity contribution in [1.82, 2.24) is 24.3 Å². The van der Waals surface area contributed by atoms with Crippen molar-refractivity contribution < 1.29 is 4.79 Å². The lowest BCUT2D eigenvalue weighted by Gasteiger charge is -2.26. The molecule has 1 amide bonds. The number of rotatable bonds is 14. The number of nitrogens with one attached hydrogen (secondary N) is 1. The number of aromatic nitrogens is 3. The highest BCUT2D eigenvalue weighted by Crippen LogP contribution is 2.24. The maximum atomic E-state index is 13.5. The lowest BCUT2D eigenvalue weighted by Crippen LogP contribution is -2.33. The van der Waals surface area contributed by atoms with E-state index in [0.29, 0.717) is 5.69 Å². The third kappa shape index (κ3) is 7.34. The summed E-state index contributed by atoms with van der Waals surface area (Å²) in [6, 6.07) is 12.3. The van der Waals surface area contributed by atoms with Crippen LogP contribution >= 0.6 is 0 Å². The third-order valence-electron chi connectivity index (χ3n) is 7.58. The first-order valence-electron chi connectivity index (χ1n) is 14.9. The number of piperidine rings is 1. The van der Waals surface area contributed by atoms with Crippen molar-refractivity contribution in [3.63, 3.8) is 0 Å². The molecule has 1 aromatic carbocycles. The summed E-state index contributed by atoms with van der Waals surface area (Å²) in [5.74, 6) is 0.813. The van der Waals surface area contributed by atoms with E-state index < -0.39 is 0 Å². The van der Waals surface area contributed by atoms with Crippen molar-refractivity contribution in [2.75, 3.05) is 38.0 Å². The number of likely N-dealkylation sites (tertiary alicyclic amines) is 1. The van der Waals surface area contributed by atoms with Crippen molar-refractivity contribution in [2.24, 2.45) is 0 Å². The fourth-order valence-corrected chi connectivity index (χ4v) is 5.19. The molecule has 4 rings (SSSR count). The number of anilines is 2. The molecule has 0 bridgehead atoms. The minimum absolute atomic E-state index is 0.0273. The highest BCUT2D eigenvalue weighted by atomic mass is 16.2. The Morgan fingerprint density at radius 3 is 2.24 bits per heavy atom. The molecule has 0 radical (unpaired) electrons. The molecule has 0 unspecified atom stereocenters.